The molecule has 9 heavy (non-hydrogen) atoms. The maximum atomic E-state index is 10.8. The van der Waals surface area contributed by atoms with Gasteiger partial charge in [0, 0.05) is 18.9 Å². The van der Waals surface area contributed by atoms with Crippen molar-refractivity contribution in [1.82, 2.24) is 0 Å². The van der Waals surface area contributed by atoms with Gasteiger partial charge < -0.3 is 5.73 Å². The van der Waals surface area contributed by atoms with Crippen LogP contribution >= 0.6 is 0 Å². The summed E-state index contributed by atoms with van der Waals surface area (Å²) >= 11 is 0. The minimum atomic E-state index is -0.0111. The van der Waals surface area contributed by atoms with Gasteiger partial charge in [0.1, 0.15) is 5.78 Å². The molecule has 2 N–H and O–H groups in total. The van der Waals surface area contributed by atoms with E-state index in [9.17, 15) is 4.79 Å². The molecule has 0 aromatic heterocycles. The third-order valence-electron chi connectivity index (χ3n) is 1.25. The van der Waals surface area contributed by atoms with Gasteiger partial charge in [0.15, 0.2) is 0 Å². The van der Waals surface area contributed by atoms with Crippen LogP contribution in [0.1, 0.15) is 13.3 Å². The Hall–Kier alpha value is -0.630. The van der Waals surface area contributed by atoms with Crippen molar-refractivity contribution in [3.05, 3.63) is 12.7 Å². The minimum absolute atomic E-state index is 0.0111. The van der Waals surface area contributed by atoms with Crippen molar-refractivity contribution >= 4 is 5.78 Å². The van der Waals surface area contributed by atoms with Gasteiger partial charge in [-0.05, 0) is 0 Å². The van der Waals surface area contributed by atoms with Crippen molar-refractivity contribution in [1.29, 1.82) is 0 Å². The first-order valence-electron chi connectivity index (χ1n) is 3.06. The van der Waals surface area contributed by atoms with Crippen molar-refractivity contribution in [2.75, 3.05) is 6.54 Å². The Morgan fingerprint density at radius 1 is 1.89 bits per heavy atom. The first-order chi connectivity index (χ1) is 4.22. The second-order valence-electron chi connectivity index (χ2n) is 2.10. The molecule has 0 aromatic rings. The van der Waals surface area contributed by atoms with Crippen molar-refractivity contribution in [3.8, 4) is 0 Å². The van der Waals surface area contributed by atoms with E-state index in [4.69, 9.17) is 5.73 Å². The minimum Gasteiger partial charge on any atom is -0.330 e. The SMILES string of the molecule is C=CCC(=O)[C@@H](C)CN. The van der Waals surface area contributed by atoms with Crippen LogP contribution in [-0.2, 0) is 4.79 Å². The van der Waals surface area contributed by atoms with Gasteiger partial charge in [-0.1, -0.05) is 13.0 Å². The number of hydrogen-bond acceptors (Lipinski definition) is 2. The number of hydrogen-bond donors (Lipinski definition) is 1. The molecule has 0 saturated heterocycles. The zero-order chi connectivity index (χ0) is 7.28. The zero-order valence-electron chi connectivity index (χ0n) is 5.76. The summed E-state index contributed by atoms with van der Waals surface area (Å²) < 4.78 is 0. The van der Waals surface area contributed by atoms with Gasteiger partial charge in [0.25, 0.3) is 0 Å². The van der Waals surface area contributed by atoms with E-state index in [0.29, 0.717) is 13.0 Å². The summed E-state index contributed by atoms with van der Waals surface area (Å²) in [5.74, 6) is 0.163. The third-order valence-corrected chi connectivity index (χ3v) is 1.25. The topological polar surface area (TPSA) is 43.1 Å². The molecular formula is C7H13NO. The smallest absolute Gasteiger partial charge is 0.140 e. The summed E-state index contributed by atoms with van der Waals surface area (Å²) in [6.07, 6.45) is 2.05. The molecule has 0 amide bonds. The number of allylic oxidation sites excluding steroid dienone is 1. The van der Waals surface area contributed by atoms with Crippen LogP contribution < -0.4 is 5.73 Å². The lowest BCUT2D eigenvalue weighted by atomic mass is 10.0. The maximum Gasteiger partial charge on any atom is 0.140 e. The second-order valence-corrected chi connectivity index (χ2v) is 2.10. The van der Waals surface area contributed by atoms with E-state index >= 15 is 0 Å². The molecule has 0 saturated carbocycles. The largest absolute Gasteiger partial charge is 0.330 e. The monoisotopic (exact) mass is 127 g/mol. The summed E-state index contributed by atoms with van der Waals surface area (Å²) in [5, 5.41) is 0. The van der Waals surface area contributed by atoms with Crippen LogP contribution in [0.25, 0.3) is 0 Å². The van der Waals surface area contributed by atoms with E-state index < -0.39 is 0 Å². The normalized spacial score (nSPS) is 12.7. The van der Waals surface area contributed by atoms with E-state index in [1.807, 2.05) is 6.92 Å². The number of carbonyl (C=O) groups is 1. The fraction of sp³-hybridized carbons (Fsp3) is 0.571. The Bertz CT molecular complexity index is 109. The third kappa shape index (κ3) is 3.03. The molecule has 0 radical (unpaired) electrons. The second kappa shape index (κ2) is 4.27. The van der Waals surface area contributed by atoms with Crippen LogP contribution in [0.5, 0.6) is 0 Å². The molecule has 1 atom stereocenters. The van der Waals surface area contributed by atoms with Crippen LogP contribution in [0.4, 0.5) is 0 Å². The van der Waals surface area contributed by atoms with Crippen molar-refractivity contribution in [3.63, 3.8) is 0 Å². The van der Waals surface area contributed by atoms with Gasteiger partial charge >= 0.3 is 0 Å². The molecule has 0 aromatic carbocycles. The summed E-state index contributed by atoms with van der Waals surface area (Å²) in [4.78, 5) is 10.8. The average Bonchev–Trinajstić information content (AvgIpc) is 1.87. The van der Waals surface area contributed by atoms with E-state index in [1.165, 1.54) is 0 Å². The van der Waals surface area contributed by atoms with Crippen LogP contribution in [0.2, 0.25) is 0 Å². The van der Waals surface area contributed by atoms with E-state index in [1.54, 1.807) is 6.08 Å². The standard InChI is InChI=1S/C7H13NO/c1-3-4-7(9)6(2)5-8/h3,6H,1,4-5,8H2,2H3/t6-/m0/s1. The van der Waals surface area contributed by atoms with Crippen LogP contribution in [0.3, 0.4) is 0 Å². The highest BCUT2D eigenvalue weighted by Crippen LogP contribution is 1.97. The quantitative estimate of drug-likeness (QED) is 0.565. The molecule has 0 aliphatic heterocycles. The molecule has 2 nitrogen and oxygen atoms in total. The molecule has 2 heteroatoms. The van der Waals surface area contributed by atoms with Gasteiger partial charge in [0.05, 0.1) is 0 Å². The molecule has 0 heterocycles. The number of ketones is 1. The Kier molecular flexibility index (Phi) is 3.97. The first-order valence-corrected chi connectivity index (χ1v) is 3.06. The zero-order valence-corrected chi connectivity index (χ0v) is 5.76. The Balaban J connectivity index is 3.58. The number of carbonyl (C=O) groups excluding carboxylic acids is 1. The van der Waals surface area contributed by atoms with E-state index in [2.05, 4.69) is 6.58 Å². The van der Waals surface area contributed by atoms with Crippen molar-refractivity contribution in [2.45, 2.75) is 13.3 Å². The molecule has 0 unspecified atom stereocenters. The summed E-state index contributed by atoms with van der Waals surface area (Å²) in [6, 6.07) is 0. The lowest BCUT2D eigenvalue weighted by Crippen LogP contribution is -2.19. The highest BCUT2D eigenvalue weighted by Gasteiger charge is 2.07. The van der Waals surface area contributed by atoms with Gasteiger partial charge in [-0.15, -0.1) is 6.58 Å². The predicted octanol–water partition coefficient (Wildman–Crippen LogP) is 0.726. The Morgan fingerprint density at radius 2 is 2.44 bits per heavy atom. The van der Waals surface area contributed by atoms with Gasteiger partial charge in [-0.25, -0.2) is 0 Å². The lowest BCUT2D eigenvalue weighted by Gasteiger charge is -2.02. The molecule has 0 fully saturated rings. The molecule has 52 valence electrons. The number of nitrogens with two attached hydrogens (primary N) is 1. The number of Topliss-reactive ketones (excluding diaryl/α,β-unsaturated/α-hetero) is 1. The first kappa shape index (κ1) is 8.37. The van der Waals surface area contributed by atoms with Crippen LogP contribution in [0, 0.1) is 5.92 Å². The predicted molar refractivity (Wildman–Crippen MR) is 38.0 cm³/mol. The highest BCUT2D eigenvalue weighted by molar-refractivity contribution is 5.82. The highest BCUT2D eigenvalue weighted by atomic mass is 16.1. The van der Waals surface area contributed by atoms with Crippen LogP contribution in [0.15, 0.2) is 12.7 Å². The molecule has 0 aliphatic carbocycles. The fourth-order valence-corrected chi connectivity index (χ4v) is 0.475. The van der Waals surface area contributed by atoms with Crippen molar-refractivity contribution < 1.29 is 4.79 Å². The Morgan fingerprint density at radius 3 is 2.78 bits per heavy atom. The van der Waals surface area contributed by atoms with Crippen molar-refractivity contribution in [2.24, 2.45) is 11.7 Å². The lowest BCUT2D eigenvalue weighted by molar-refractivity contribution is -0.121. The molecular weight excluding hydrogens is 114 g/mol. The molecule has 0 aliphatic rings. The summed E-state index contributed by atoms with van der Waals surface area (Å²) in [7, 11) is 0. The summed E-state index contributed by atoms with van der Waals surface area (Å²) in [6.45, 7) is 5.72. The molecule has 0 spiro atoms. The van der Waals surface area contributed by atoms with Gasteiger partial charge in [-0.2, -0.15) is 0 Å². The maximum absolute atomic E-state index is 10.8. The van der Waals surface area contributed by atoms with Gasteiger partial charge in [-0.3, -0.25) is 4.79 Å². The Labute approximate surface area is 55.7 Å². The van der Waals surface area contributed by atoms with E-state index in [0.717, 1.165) is 0 Å². The average molecular weight is 127 g/mol. The molecule has 0 bridgehead atoms. The van der Waals surface area contributed by atoms with Crippen LogP contribution in [-0.4, -0.2) is 12.3 Å². The molecule has 0 rings (SSSR count). The summed E-state index contributed by atoms with van der Waals surface area (Å²) in [5.41, 5.74) is 5.25. The van der Waals surface area contributed by atoms with Gasteiger partial charge in [0.2, 0.25) is 0 Å². The fourth-order valence-electron chi connectivity index (χ4n) is 0.475. The van der Waals surface area contributed by atoms with E-state index in [-0.39, 0.29) is 11.7 Å². The number of rotatable bonds is 4.